The molecule has 0 aliphatic carbocycles. The monoisotopic (exact) mass is 148 g/mol. The van der Waals surface area contributed by atoms with Gasteiger partial charge in [0, 0.05) is 12.2 Å². The van der Waals surface area contributed by atoms with E-state index in [1.807, 2.05) is 17.8 Å². The van der Waals surface area contributed by atoms with Crippen molar-refractivity contribution in [1.29, 1.82) is 0 Å². The van der Waals surface area contributed by atoms with Crippen molar-refractivity contribution < 1.29 is 0 Å². The van der Waals surface area contributed by atoms with Gasteiger partial charge in [0.15, 0.2) is 0 Å². The Bertz CT molecular complexity index is 203. The fourth-order valence-corrected chi connectivity index (χ4v) is 1.14. The number of allylic oxidation sites excluding steroid dienone is 2. The molecule has 0 aromatic rings. The van der Waals surface area contributed by atoms with Crippen LogP contribution in [0.5, 0.6) is 0 Å². The van der Waals surface area contributed by atoms with Crippen molar-refractivity contribution in [1.82, 2.24) is 0 Å². The summed E-state index contributed by atoms with van der Waals surface area (Å²) in [5.74, 6) is 13.9. The third-order valence-corrected chi connectivity index (χ3v) is 1.84. The van der Waals surface area contributed by atoms with E-state index in [0.717, 1.165) is 17.9 Å². The maximum absolute atomic E-state index is 3.03. The molecule has 0 radical (unpaired) electrons. The molecular weight excluding hydrogens is 140 g/mol. The first-order valence-electron chi connectivity index (χ1n) is 3.20. The summed E-state index contributed by atoms with van der Waals surface area (Å²) in [5, 5.41) is 0. The van der Waals surface area contributed by atoms with Crippen LogP contribution in [0.15, 0.2) is 12.2 Å². The Morgan fingerprint density at radius 1 is 1.10 bits per heavy atom. The number of hydrogen-bond donors (Lipinski definition) is 0. The fraction of sp³-hybridized carbons (Fsp3) is 0.333. The SMILES string of the molecule is C1#CCCSCC#C/C=C/1. The minimum atomic E-state index is 0.937. The number of thioether (sulfide) groups is 1. The van der Waals surface area contributed by atoms with Gasteiger partial charge in [0.05, 0.1) is 5.75 Å². The molecule has 1 rings (SSSR count). The predicted octanol–water partition coefficient (Wildman–Crippen LogP) is 1.69. The molecule has 0 saturated heterocycles. The van der Waals surface area contributed by atoms with Crippen molar-refractivity contribution in [3.05, 3.63) is 12.2 Å². The fourth-order valence-electron chi connectivity index (χ4n) is 0.561. The molecule has 0 atom stereocenters. The summed E-state index contributed by atoms with van der Waals surface area (Å²) in [4.78, 5) is 0. The van der Waals surface area contributed by atoms with Gasteiger partial charge in [0.25, 0.3) is 0 Å². The molecule has 1 aliphatic heterocycles. The third-order valence-electron chi connectivity index (χ3n) is 1.000. The maximum atomic E-state index is 3.03. The van der Waals surface area contributed by atoms with E-state index < -0.39 is 0 Å². The molecule has 0 nitrogen and oxygen atoms in total. The molecule has 0 saturated carbocycles. The first kappa shape index (κ1) is 7.32. The van der Waals surface area contributed by atoms with Crippen LogP contribution in [0, 0.1) is 23.7 Å². The smallest absolute Gasteiger partial charge is 0.0551 e. The lowest BCUT2D eigenvalue weighted by Crippen LogP contribution is -1.78. The van der Waals surface area contributed by atoms with Crippen molar-refractivity contribution in [2.75, 3.05) is 11.5 Å². The van der Waals surface area contributed by atoms with Gasteiger partial charge in [0.2, 0.25) is 0 Å². The molecule has 1 aliphatic rings. The van der Waals surface area contributed by atoms with Crippen LogP contribution in [0.25, 0.3) is 0 Å². The molecule has 1 heterocycles. The Balaban J connectivity index is 2.51. The Kier molecular flexibility index (Phi) is 3.68. The second kappa shape index (κ2) is 5.03. The van der Waals surface area contributed by atoms with Gasteiger partial charge in [-0.3, -0.25) is 0 Å². The maximum Gasteiger partial charge on any atom is 0.0551 e. The molecular formula is C9H8S. The van der Waals surface area contributed by atoms with Gasteiger partial charge in [-0.05, 0) is 12.2 Å². The van der Waals surface area contributed by atoms with Crippen molar-refractivity contribution in [2.24, 2.45) is 0 Å². The van der Waals surface area contributed by atoms with Gasteiger partial charge < -0.3 is 0 Å². The Morgan fingerprint density at radius 2 is 1.90 bits per heavy atom. The summed E-state index contributed by atoms with van der Waals surface area (Å²) in [7, 11) is 0. The van der Waals surface area contributed by atoms with Gasteiger partial charge in [-0.25, -0.2) is 0 Å². The molecule has 0 amide bonds. The van der Waals surface area contributed by atoms with Crippen LogP contribution in [0.4, 0.5) is 0 Å². The highest BCUT2D eigenvalue weighted by atomic mass is 32.2. The molecule has 0 aromatic carbocycles. The van der Waals surface area contributed by atoms with Crippen LogP contribution in [0.3, 0.4) is 0 Å². The molecule has 50 valence electrons. The zero-order valence-corrected chi connectivity index (χ0v) is 6.50. The average molecular weight is 148 g/mol. The van der Waals surface area contributed by atoms with Gasteiger partial charge in [-0.1, -0.05) is 23.7 Å². The highest BCUT2D eigenvalue weighted by Gasteiger charge is 1.82. The predicted molar refractivity (Wildman–Crippen MR) is 46.6 cm³/mol. The largest absolute Gasteiger partial charge is 0.148 e. The van der Waals surface area contributed by atoms with E-state index in [1.165, 1.54) is 0 Å². The lowest BCUT2D eigenvalue weighted by Gasteiger charge is -1.88. The summed E-state index contributed by atoms with van der Waals surface area (Å²) in [6.07, 6.45) is 4.60. The molecule has 1 heteroatoms. The van der Waals surface area contributed by atoms with Crippen molar-refractivity contribution in [2.45, 2.75) is 6.42 Å². The normalized spacial score (nSPS) is 19.2. The van der Waals surface area contributed by atoms with Crippen LogP contribution in [-0.4, -0.2) is 11.5 Å². The first-order chi connectivity index (χ1) is 5.00. The molecule has 0 aromatic heterocycles. The van der Waals surface area contributed by atoms with Crippen LogP contribution >= 0.6 is 11.8 Å². The summed E-state index contributed by atoms with van der Waals surface area (Å²) >= 11 is 1.84. The highest BCUT2D eigenvalue weighted by Crippen LogP contribution is 1.99. The van der Waals surface area contributed by atoms with Gasteiger partial charge in [-0.15, -0.1) is 11.8 Å². The van der Waals surface area contributed by atoms with E-state index in [0.29, 0.717) is 0 Å². The Morgan fingerprint density at radius 3 is 2.80 bits per heavy atom. The van der Waals surface area contributed by atoms with E-state index in [9.17, 15) is 0 Å². The highest BCUT2D eigenvalue weighted by molar-refractivity contribution is 7.99. The second-order valence-electron chi connectivity index (χ2n) is 1.78. The molecule has 0 fully saturated rings. The van der Waals surface area contributed by atoms with Crippen LogP contribution in [-0.2, 0) is 0 Å². The summed E-state index contributed by atoms with van der Waals surface area (Å²) in [6.45, 7) is 0. The zero-order valence-electron chi connectivity index (χ0n) is 5.68. The molecule has 0 unspecified atom stereocenters. The topological polar surface area (TPSA) is 0 Å². The van der Waals surface area contributed by atoms with Gasteiger partial charge in [0.1, 0.15) is 0 Å². The number of hydrogen-bond acceptors (Lipinski definition) is 1. The van der Waals surface area contributed by atoms with Crippen molar-refractivity contribution in [3.8, 4) is 23.7 Å². The summed E-state index contributed by atoms with van der Waals surface area (Å²) in [6, 6.07) is 0. The quantitative estimate of drug-likeness (QED) is 0.471. The van der Waals surface area contributed by atoms with Crippen LogP contribution in [0.1, 0.15) is 6.42 Å². The first-order valence-corrected chi connectivity index (χ1v) is 4.35. The Hall–Kier alpha value is -0.790. The second-order valence-corrected chi connectivity index (χ2v) is 2.88. The van der Waals surface area contributed by atoms with Crippen LogP contribution in [0.2, 0.25) is 0 Å². The standard InChI is InChI=1S/C9H8S/c1-2-4-6-8-10-9-7-5-3-1/h1-2H,7-9H2/b2-1+. The number of rotatable bonds is 0. The van der Waals surface area contributed by atoms with Gasteiger partial charge >= 0.3 is 0 Å². The lowest BCUT2D eigenvalue weighted by molar-refractivity contribution is 1.30. The minimum absolute atomic E-state index is 0.937. The molecule has 10 heavy (non-hydrogen) atoms. The molecule has 0 spiro atoms. The molecule has 0 bridgehead atoms. The van der Waals surface area contributed by atoms with E-state index in [4.69, 9.17) is 0 Å². The van der Waals surface area contributed by atoms with E-state index in [2.05, 4.69) is 23.7 Å². The minimum Gasteiger partial charge on any atom is -0.148 e. The van der Waals surface area contributed by atoms with Crippen molar-refractivity contribution in [3.63, 3.8) is 0 Å². The third kappa shape index (κ3) is 3.28. The zero-order chi connectivity index (χ0) is 7.07. The Labute approximate surface area is 66.1 Å². The van der Waals surface area contributed by atoms with E-state index >= 15 is 0 Å². The summed E-state index contributed by atoms with van der Waals surface area (Å²) in [5.41, 5.74) is 0. The lowest BCUT2D eigenvalue weighted by atomic mass is 10.4. The summed E-state index contributed by atoms with van der Waals surface area (Å²) < 4.78 is 0. The van der Waals surface area contributed by atoms with Crippen LogP contribution < -0.4 is 0 Å². The molecule has 0 N–H and O–H groups in total. The van der Waals surface area contributed by atoms with E-state index in [-0.39, 0.29) is 0 Å². The van der Waals surface area contributed by atoms with Gasteiger partial charge in [-0.2, -0.15) is 0 Å². The van der Waals surface area contributed by atoms with E-state index in [1.54, 1.807) is 6.08 Å². The average Bonchev–Trinajstić information content (AvgIpc) is 2.01. The van der Waals surface area contributed by atoms with Crippen molar-refractivity contribution >= 4 is 11.8 Å².